The molecular formula is C22H22Cl2N4O3. The third-order valence-electron chi connectivity index (χ3n) is 5.11. The van der Waals surface area contributed by atoms with Gasteiger partial charge in [0.05, 0.1) is 17.8 Å². The smallest absolute Gasteiger partial charge is 0.260 e. The summed E-state index contributed by atoms with van der Waals surface area (Å²) in [6.45, 7) is 2.45. The topological polar surface area (TPSA) is 59.8 Å². The Labute approximate surface area is 190 Å². The molecule has 0 saturated carbocycles. The fourth-order valence-corrected chi connectivity index (χ4v) is 3.93. The summed E-state index contributed by atoms with van der Waals surface area (Å²) in [7, 11) is 1.65. The van der Waals surface area contributed by atoms with Crippen LogP contribution >= 0.6 is 23.2 Å². The summed E-state index contributed by atoms with van der Waals surface area (Å²) in [5, 5.41) is 0.904. The average Bonchev–Trinajstić information content (AvgIpc) is 3.28. The molecule has 0 N–H and O–H groups in total. The number of aromatic nitrogens is 2. The van der Waals surface area contributed by atoms with E-state index >= 15 is 0 Å². The number of hydrogen-bond acceptors (Lipinski definition) is 5. The molecule has 1 aromatic heterocycles. The zero-order chi connectivity index (χ0) is 21.8. The van der Waals surface area contributed by atoms with E-state index in [1.54, 1.807) is 36.4 Å². The van der Waals surface area contributed by atoms with Crippen molar-refractivity contribution < 1.29 is 14.3 Å². The molecule has 4 rings (SSSR count). The number of carbonyl (C=O) groups is 1. The van der Waals surface area contributed by atoms with E-state index in [4.69, 9.17) is 32.7 Å². The Morgan fingerprint density at radius 3 is 2.65 bits per heavy atom. The number of piperazine rings is 1. The van der Waals surface area contributed by atoms with Crippen LogP contribution in [0.4, 0.5) is 5.95 Å². The summed E-state index contributed by atoms with van der Waals surface area (Å²) >= 11 is 12.0. The van der Waals surface area contributed by atoms with Crippen LogP contribution in [0.25, 0.3) is 5.69 Å². The van der Waals surface area contributed by atoms with Crippen molar-refractivity contribution in [3.05, 3.63) is 64.9 Å². The van der Waals surface area contributed by atoms with Crippen LogP contribution in [0, 0.1) is 0 Å². The number of methoxy groups -OCH3 is 1. The van der Waals surface area contributed by atoms with E-state index < -0.39 is 0 Å². The summed E-state index contributed by atoms with van der Waals surface area (Å²) in [6, 6.07) is 12.7. The normalized spacial score (nSPS) is 13.9. The van der Waals surface area contributed by atoms with Crippen molar-refractivity contribution in [3.8, 4) is 17.2 Å². The standard InChI is InChI=1S/C22H22Cl2N4O3/c1-30-18-4-2-3-17(14-18)28-8-7-25-22(28)27-11-9-26(10-12-27)21(29)15-31-20-6-5-16(23)13-19(20)24/h2-8,13-14H,9-12,15H2,1H3. The Morgan fingerprint density at radius 2 is 1.90 bits per heavy atom. The maximum absolute atomic E-state index is 12.6. The van der Waals surface area contributed by atoms with Crippen molar-refractivity contribution in [1.82, 2.24) is 14.5 Å². The number of hydrogen-bond donors (Lipinski definition) is 0. The summed E-state index contributed by atoms with van der Waals surface area (Å²) in [4.78, 5) is 21.1. The van der Waals surface area contributed by atoms with Crippen LogP contribution < -0.4 is 14.4 Å². The van der Waals surface area contributed by atoms with Crippen LogP contribution in [-0.4, -0.2) is 60.3 Å². The van der Waals surface area contributed by atoms with Gasteiger partial charge in [-0.2, -0.15) is 0 Å². The second-order valence-electron chi connectivity index (χ2n) is 7.03. The fourth-order valence-electron chi connectivity index (χ4n) is 3.47. The number of rotatable bonds is 6. The number of halogens is 2. The van der Waals surface area contributed by atoms with Gasteiger partial charge in [-0.15, -0.1) is 0 Å². The fraction of sp³-hybridized carbons (Fsp3) is 0.273. The first-order valence-electron chi connectivity index (χ1n) is 9.83. The minimum atomic E-state index is -0.0817. The molecule has 0 radical (unpaired) electrons. The largest absolute Gasteiger partial charge is 0.497 e. The summed E-state index contributed by atoms with van der Waals surface area (Å²) in [6.07, 6.45) is 3.70. The molecule has 1 aliphatic heterocycles. The lowest BCUT2D eigenvalue weighted by Gasteiger charge is -2.35. The Kier molecular flexibility index (Phi) is 6.53. The van der Waals surface area contributed by atoms with Gasteiger partial charge in [-0.25, -0.2) is 4.98 Å². The van der Waals surface area contributed by atoms with Gasteiger partial charge in [0, 0.05) is 49.7 Å². The molecule has 9 heteroatoms. The highest BCUT2D eigenvalue weighted by Crippen LogP contribution is 2.27. The quantitative estimate of drug-likeness (QED) is 0.557. The van der Waals surface area contributed by atoms with E-state index in [-0.39, 0.29) is 12.5 Å². The molecule has 31 heavy (non-hydrogen) atoms. The Morgan fingerprint density at radius 1 is 1.10 bits per heavy atom. The minimum absolute atomic E-state index is 0.0697. The SMILES string of the molecule is COc1cccc(-n2ccnc2N2CCN(C(=O)COc3ccc(Cl)cc3Cl)CC2)c1. The highest BCUT2D eigenvalue weighted by atomic mass is 35.5. The van der Waals surface area contributed by atoms with Gasteiger partial charge < -0.3 is 19.3 Å². The first kappa shape index (κ1) is 21.3. The zero-order valence-corrected chi connectivity index (χ0v) is 18.5. The van der Waals surface area contributed by atoms with Crippen LogP contribution in [0.5, 0.6) is 11.5 Å². The molecule has 0 unspecified atom stereocenters. The van der Waals surface area contributed by atoms with Crippen LogP contribution in [0.3, 0.4) is 0 Å². The number of benzene rings is 2. The molecule has 1 fully saturated rings. The predicted octanol–water partition coefficient (Wildman–Crippen LogP) is 3.92. The van der Waals surface area contributed by atoms with Crippen molar-refractivity contribution in [2.75, 3.05) is 44.8 Å². The van der Waals surface area contributed by atoms with E-state index in [1.807, 2.05) is 35.0 Å². The minimum Gasteiger partial charge on any atom is -0.497 e. The van der Waals surface area contributed by atoms with Gasteiger partial charge in [0.1, 0.15) is 11.5 Å². The zero-order valence-electron chi connectivity index (χ0n) is 17.0. The summed E-state index contributed by atoms with van der Waals surface area (Å²) in [5.74, 6) is 1.98. The second kappa shape index (κ2) is 9.49. The molecule has 1 amide bonds. The highest BCUT2D eigenvalue weighted by molar-refractivity contribution is 6.35. The number of amides is 1. The third kappa shape index (κ3) is 4.89. The lowest BCUT2D eigenvalue weighted by molar-refractivity contribution is -0.133. The summed E-state index contributed by atoms with van der Waals surface area (Å²) in [5.41, 5.74) is 0.971. The van der Waals surface area contributed by atoms with E-state index in [9.17, 15) is 4.79 Å². The molecule has 7 nitrogen and oxygen atoms in total. The Bertz CT molecular complexity index is 1060. The van der Waals surface area contributed by atoms with Gasteiger partial charge in [0.2, 0.25) is 5.95 Å². The average molecular weight is 461 g/mol. The monoisotopic (exact) mass is 460 g/mol. The number of anilines is 1. The molecule has 2 aromatic carbocycles. The van der Waals surface area contributed by atoms with Crippen LogP contribution in [-0.2, 0) is 4.79 Å². The molecule has 0 spiro atoms. The van der Waals surface area contributed by atoms with Crippen LogP contribution in [0.15, 0.2) is 54.9 Å². The maximum Gasteiger partial charge on any atom is 0.260 e. The summed E-state index contributed by atoms with van der Waals surface area (Å²) < 4.78 is 12.9. The lowest BCUT2D eigenvalue weighted by Crippen LogP contribution is -2.50. The van der Waals surface area contributed by atoms with E-state index in [2.05, 4.69) is 9.88 Å². The Balaban J connectivity index is 1.36. The lowest BCUT2D eigenvalue weighted by atomic mass is 10.3. The molecule has 1 saturated heterocycles. The van der Waals surface area contributed by atoms with Gasteiger partial charge >= 0.3 is 0 Å². The highest BCUT2D eigenvalue weighted by Gasteiger charge is 2.24. The molecule has 0 bridgehead atoms. The second-order valence-corrected chi connectivity index (χ2v) is 7.87. The first-order valence-corrected chi connectivity index (χ1v) is 10.6. The molecule has 162 valence electrons. The number of nitrogens with zero attached hydrogens (tertiary/aromatic N) is 4. The van der Waals surface area contributed by atoms with Crippen LogP contribution in [0.1, 0.15) is 0 Å². The predicted molar refractivity (Wildman–Crippen MR) is 121 cm³/mol. The van der Waals surface area contributed by atoms with Crippen molar-refractivity contribution in [1.29, 1.82) is 0 Å². The van der Waals surface area contributed by atoms with Gasteiger partial charge in [0.25, 0.3) is 5.91 Å². The molecular weight excluding hydrogens is 439 g/mol. The van der Waals surface area contributed by atoms with Gasteiger partial charge in [0.15, 0.2) is 6.61 Å². The molecule has 3 aromatic rings. The molecule has 0 atom stereocenters. The van der Waals surface area contributed by atoms with Crippen LogP contribution in [0.2, 0.25) is 10.0 Å². The van der Waals surface area contributed by atoms with Crippen molar-refractivity contribution in [2.24, 2.45) is 0 Å². The number of carbonyl (C=O) groups excluding carboxylic acids is 1. The third-order valence-corrected chi connectivity index (χ3v) is 5.64. The van der Waals surface area contributed by atoms with Crippen molar-refractivity contribution >= 4 is 35.1 Å². The number of ether oxygens (including phenoxy) is 2. The van der Waals surface area contributed by atoms with Crippen molar-refractivity contribution in [3.63, 3.8) is 0 Å². The van der Waals surface area contributed by atoms with E-state index in [1.165, 1.54) is 0 Å². The molecule has 2 heterocycles. The van der Waals surface area contributed by atoms with Gasteiger partial charge in [-0.1, -0.05) is 29.3 Å². The Hall–Kier alpha value is -2.90. The van der Waals surface area contributed by atoms with E-state index in [0.29, 0.717) is 42.0 Å². The van der Waals surface area contributed by atoms with Gasteiger partial charge in [-0.05, 0) is 30.3 Å². The first-order chi connectivity index (χ1) is 15.0. The van der Waals surface area contributed by atoms with Gasteiger partial charge in [-0.3, -0.25) is 9.36 Å². The molecule has 0 aliphatic carbocycles. The van der Waals surface area contributed by atoms with Crippen molar-refractivity contribution in [2.45, 2.75) is 0 Å². The number of imidazole rings is 1. The molecule has 1 aliphatic rings. The van der Waals surface area contributed by atoms with E-state index in [0.717, 1.165) is 17.4 Å². The maximum atomic E-state index is 12.6.